The standard InChI is InChI=1S/C8H21NSi/c1-5-6-7(10-9)8(2,3)4/h7H,5-6,9-10H2,1-4H3. The van der Waals surface area contributed by atoms with E-state index in [1.807, 2.05) is 0 Å². The van der Waals surface area contributed by atoms with Gasteiger partial charge in [0, 0.05) is 0 Å². The van der Waals surface area contributed by atoms with Crippen LogP contribution in [0.15, 0.2) is 0 Å². The van der Waals surface area contributed by atoms with Gasteiger partial charge in [0.05, 0.1) is 9.68 Å². The molecule has 0 aliphatic rings. The maximum atomic E-state index is 5.78. The summed E-state index contributed by atoms with van der Waals surface area (Å²) in [5.74, 6) is 0. The molecule has 0 spiro atoms. The highest BCUT2D eigenvalue weighted by Crippen LogP contribution is 2.32. The van der Waals surface area contributed by atoms with Crippen LogP contribution < -0.4 is 5.40 Å². The molecule has 0 heterocycles. The topological polar surface area (TPSA) is 26.0 Å². The molecule has 0 saturated carbocycles. The number of nitrogens with two attached hydrogens (primary N) is 1. The van der Waals surface area contributed by atoms with Crippen molar-refractivity contribution in [2.75, 3.05) is 0 Å². The molecule has 1 unspecified atom stereocenters. The Kier molecular flexibility index (Phi) is 4.21. The molecule has 0 aromatic heterocycles. The number of hydrogen-bond acceptors (Lipinski definition) is 1. The van der Waals surface area contributed by atoms with Crippen molar-refractivity contribution >= 4 is 9.68 Å². The lowest BCUT2D eigenvalue weighted by Crippen LogP contribution is -2.25. The van der Waals surface area contributed by atoms with Crippen LogP contribution in [0.4, 0.5) is 0 Å². The maximum absolute atomic E-state index is 5.78. The fraction of sp³-hybridized carbons (Fsp3) is 1.00. The zero-order valence-corrected chi connectivity index (χ0v) is 9.19. The van der Waals surface area contributed by atoms with Crippen LogP contribution in [-0.4, -0.2) is 9.68 Å². The van der Waals surface area contributed by atoms with Gasteiger partial charge in [-0.15, -0.1) is 0 Å². The normalized spacial score (nSPS) is 16.5. The summed E-state index contributed by atoms with van der Waals surface area (Å²) in [7, 11) is -0.287. The highest BCUT2D eigenvalue weighted by molar-refractivity contribution is 6.33. The monoisotopic (exact) mass is 159 g/mol. The van der Waals surface area contributed by atoms with Gasteiger partial charge in [0.25, 0.3) is 0 Å². The molecule has 0 aromatic carbocycles. The van der Waals surface area contributed by atoms with Gasteiger partial charge in [-0.3, -0.25) is 0 Å². The molecule has 10 heavy (non-hydrogen) atoms. The maximum Gasteiger partial charge on any atom is 0.0924 e. The van der Waals surface area contributed by atoms with Crippen molar-refractivity contribution in [2.24, 2.45) is 10.8 Å². The summed E-state index contributed by atoms with van der Waals surface area (Å²) in [6.45, 7) is 9.14. The first-order valence-electron chi connectivity index (χ1n) is 4.22. The molecule has 2 heteroatoms. The third-order valence-electron chi connectivity index (χ3n) is 2.15. The van der Waals surface area contributed by atoms with E-state index in [1.54, 1.807) is 0 Å². The van der Waals surface area contributed by atoms with Crippen molar-refractivity contribution < 1.29 is 0 Å². The zero-order chi connectivity index (χ0) is 8.20. The van der Waals surface area contributed by atoms with E-state index in [2.05, 4.69) is 27.7 Å². The second-order valence-electron chi connectivity index (χ2n) is 4.09. The Morgan fingerprint density at radius 3 is 2.00 bits per heavy atom. The van der Waals surface area contributed by atoms with Crippen molar-refractivity contribution in [2.45, 2.75) is 46.1 Å². The molecule has 0 bridgehead atoms. The minimum atomic E-state index is -0.287. The summed E-state index contributed by atoms with van der Waals surface area (Å²) in [4.78, 5) is 0. The van der Waals surface area contributed by atoms with E-state index in [4.69, 9.17) is 5.40 Å². The fourth-order valence-electron chi connectivity index (χ4n) is 1.25. The lowest BCUT2D eigenvalue weighted by Gasteiger charge is -2.28. The van der Waals surface area contributed by atoms with E-state index in [9.17, 15) is 0 Å². The number of rotatable bonds is 3. The molecule has 0 aliphatic heterocycles. The summed E-state index contributed by atoms with van der Waals surface area (Å²) < 4.78 is 0. The fourth-order valence-corrected chi connectivity index (χ4v) is 2.60. The summed E-state index contributed by atoms with van der Waals surface area (Å²) in [5.41, 5.74) is 1.29. The average Bonchev–Trinajstić information content (AvgIpc) is 1.80. The van der Waals surface area contributed by atoms with E-state index < -0.39 is 0 Å². The molecule has 1 atom stereocenters. The molecule has 62 valence electrons. The van der Waals surface area contributed by atoms with Gasteiger partial charge >= 0.3 is 0 Å². The Hall–Kier alpha value is 0.177. The molecule has 0 saturated heterocycles. The molecule has 0 fully saturated rings. The molecule has 2 N–H and O–H groups in total. The van der Waals surface area contributed by atoms with Crippen molar-refractivity contribution in [1.82, 2.24) is 0 Å². The molecule has 0 amide bonds. The van der Waals surface area contributed by atoms with Crippen molar-refractivity contribution in [3.63, 3.8) is 0 Å². The van der Waals surface area contributed by atoms with Crippen LogP contribution >= 0.6 is 0 Å². The van der Waals surface area contributed by atoms with E-state index in [-0.39, 0.29) is 9.68 Å². The van der Waals surface area contributed by atoms with Gasteiger partial charge in [0.2, 0.25) is 0 Å². The largest absolute Gasteiger partial charge is 0.355 e. The van der Waals surface area contributed by atoms with Gasteiger partial charge in [-0.05, 0) is 11.0 Å². The van der Waals surface area contributed by atoms with Crippen LogP contribution in [0.25, 0.3) is 0 Å². The second-order valence-corrected chi connectivity index (χ2v) is 5.54. The first kappa shape index (κ1) is 10.2. The predicted molar refractivity (Wildman–Crippen MR) is 50.8 cm³/mol. The third kappa shape index (κ3) is 3.37. The van der Waals surface area contributed by atoms with Gasteiger partial charge in [-0.1, -0.05) is 40.5 Å². The van der Waals surface area contributed by atoms with Crippen molar-refractivity contribution in [3.05, 3.63) is 0 Å². The van der Waals surface area contributed by atoms with E-state index in [0.29, 0.717) is 5.41 Å². The van der Waals surface area contributed by atoms with E-state index in [0.717, 1.165) is 5.54 Å². The van der Waals surface area contributed by atoms with E-state index in [1.165, 1.54) is 12.8 Å². The molecule has 0 aromatic rings. The van der Waals surface area contributed by atoms with Gasteiger partial charge in [0.1, 0.15) is 0 Å². The van der Waals surface area contributed by atoms with Crippen LogP contribution in [0.1, 0.15) is 40.5 Å². The number of hydrogen-bond donors (Lipinski definition) is 1. The third-order valence-corrected chi connectivity index (χ3v) is 4.35. The van der Waals surface area contributed by atoms with Crippen molar-refractivity contribution in [1.29, 1.82) is 0 Å². The van der Waals surface area contributed by atoms with Gasteiger partial charge < -0.3 is 5.40 Å². The van der Waals surface area contributed by atoms with Crippen molar-refractivity contribution in [3.8, 4) is 0 Å². The molecular formula is C8H21NSi. The Balaban J connectivity index is 3.81. The Morgan fingerprint density at radius 1 is 1.40 bits per heavy atom. The lowest BCUT2D eigenvalue weighted by molar-refractivity contribution is 0.360. The van der Waals surface area contributed by atoms with Gasteiger partial charge in [-0.2, -0.15) is 0 Å². The van der Waals surface area contributed by atoms with Crippen LogP contribution in [0, 0.1) is 5.41 Å². The zero-order valence-electron chi connectivity index (χ0n) is 7.78. The lowest BCUT2D eigenvalue weighted by atomic mass is 9.89. The van der Waals surface area contributed by atoms with Crippen LogP contribution in [0.5, 0.6) is 0 Å². The van der Waals surface area contributed by atoms with E-state index >= 15 is 0 Å². The molecular weight excluding hydrogens is 138 g/mol. The minimum Gasteiger partial charge on any atom is -0.355 e. The Labute approximate surface area is 67.3 Å². The highest BCUT2D eigenvalue weighted by Gasteiger charge is 2.21. The molecule has 0 aliphatic carbocycles. The Bertz CT molecular complexity index is 85.7. The van der Waals surface area contributed by atoms with Crippen LogP contribution in [0.2, 0.25) is 5.54 Å². The highest BCUT2D eigenvalue weighted by atomic mass is 28.2. The molecule has 0 radical (unpaired) electrons. The van der Waals surface area contributed by atoms with Gasteiger partial charge in [-0.25, -0.2) is 0 Å². The smallest absolute Gasteiger partial charge is 0.0924 e. The van der Waals surface area contributed by atoms with Crippen LogP contribution in [-0.2, 0) is 0 Å². The molecule has 1 nitrogen and oxygen atoms in total. The SMILES string of the molecule is CCCC([SiH2]N)C(C)(C)C. The van der Waals surface area contributed by atoms with Gasteiger partial charge in [0.15, 0.2) is 0 Å². The summed E-state index contributed by atoms with van der Waals surface area (Å²) in [6.07, 6.45) is 2.61. The first-order chi connectivity index (χ1) is 4.52. The average molecular weight is 159 g/mol. The summed E-state index contributed by atoms with van der Waals surface area (Å²) in [6, 6.07) is 0. The minimum absolute atomic E-state index is 0.287. The van der Waals surface area contributed by atoms with Crippen LogP contribution in [0.3, 0.4) is 0 Å². The predicted octanol–water partition coefficient (Wildman–Crippen LogP) is 1.66. The quantitative estimate of drug-likeness (QED) is 0.623. The summed E-state index contributed by atoms with van der Waals surface area (Å²) in [5, 5.41) is 5.78. The first-order valence-corrected chi connectivity index (χ1v) is 5.85. The summed E-state index contributed by atoms with van der Waals surface area (Å²) >= 11 is 0. The second kappa shape index (κ2) is 4.14. The molecule has 0 rings (SSSR count). The Morgan fingerprint density at radius 2 is 1.90 bits per heavy atom.